The Morgan fingerprint density at radius 3 is 2.14 bits per heavy atom. The molecule has 35 heavy (non-hydrogen) atoms. The number of aliphatic carboxylic acids is 1. The summed E-state index contributed by atoms with van der Waals surface area (Å²) in [7, 11) is -3.66. The van der Waals surface area contributed by atoms with Crippen LogP contribution in [-0.4, -0.2) is 86.7 Å². The number of carbonyl (C=O) groups excluding carboxylic acids is 1. The summed E-state index contributed by atoms with van der Waals surface area (Å²) >= 11 is 0. The Kier molecular flexibility index (Phi) is 12.5. The van der Waals surface area contributed by atoms with E-state index in [2.05, 4.69) is 19.2 Å². The standard InChI is InChI=1S/C20H33N3O4S.C2HF3O2/c1-4-27-18-5-7-19(8-6-18)28(25,26)23(13-9-17(2)3)14-10-20(24)22-15-11-21-12-16-22;3-2(4,5)1(6)7/h5-8,17,21H,4,9-16H2,1-3H3;(H,6,7). The summed E-state index contributed by atoms with van der Waals surface area (Å²) in [5, 5.41) is 10.3. The predicted molar refractivity (Wildman–Crippen MR) is 124 cm³/mol. The second-order valence-electron chi connectivity index (χ2n) is 8.17. The molecule has 1 aromatic carbocycles. The van der Waals surface area contributed by atoms with Gasteiger partial charge >= 0.3 is 12.1 Å². The lowest BCUT2D eigenvalue weighted by molar-refractivity contribution is -0.192. The van der Waals surface area contributed by atoms with E-state index in [4.69, 9.17) is 14.6 Å². The zero-order valence-electron chi connectivity index (χ0n) is 20.2. The molecule has 1 aliphatic heterocycles. The number of halogens is 3. The van der Waals surface area contributed by atoms with Gasteiger partial charge in [0.1, 0.15) is 5.75 Å². The summed E-state index contributed by atoms with van der Waals surface area (Å²) in [5.41, 5.74) is 0. The van der Waals surface area contributed by atoms with Crippen molar-refractivity contribution in [2.75, 3.05) is 45.9 Å². The number of rotatable bonds is 10. The van der Waals surface area contributed by atoms with Gasteiger partial charge in [0, 0.05) is 45.7 Å². The lowest BCUT2D eigenvalue weighted by Gasteiger charge is -2.29. The molecule has 0 atom stereocenters. The quantitative estimate of drug-likeness (QED) is 0.482. The largest absolute Gasteiger partial charge is 0.494 e. The molecule has 13 heteroatoms. The molecular weight excluding hydrogens is 491 g/mol. The first-order valence-corrected chi connectivity index (χ1v) is 12.7. The van der Waals surface area contributed by atoms with E-state index in [1.54, 1.807) is 29.2 Å². The van der Waals surface area contributed by atoms with Crippen molar-refractivity contribution in [2.24, 2.45) is 5.92 Å². The van der Waals surface area contributed by atoms with Crippen molar-refractivity contribution in [3.63, 3.8) is 0 Å². The molecule has 1 aromatic rings. The highest BCUT2D eigenvalue weighted by Gasteiger charge is 2.38. The molecule has 1 heterocycles. The van der Waals surface area contributed by atoms with Crippen molar-refractivity contribution >= 4 is 21.9 Å². The molecule has 0 aromatic heterocycles. The van der Waals surface area contributed by atoms with Crippen LogP contribution in [0.25, 0.3) is 0 Å². The third kappa shape index (κ3) is 10.8. The molecule has 0 radical (unpaired) electrons. The molecule has 2 N–H and O–H groups in total. The molecule has 0 unspecified atom stereocenters. The maximum atomic E-state index is 13.2. The van der Waals surface area contributed by atoms with Crippen LogP contribution in [0.3, 0.4) is 0 Å². The highest BCUT2D eigenvalue weighted by Crippen LogP contribution is 2.21. The Morgan fingerprint density at radius 1 is 1.14 bits per heavy atom. The molecule has 1 aliphatic rings. The van der Waals surface area contributed by atoms with Crippen molar-refractivity contribution in [1.82, 2.24) is 14.5 Å². The second-order valence-corrected chi connectivity index (χ2v) is 10.1. The van der Waals surface area contributed by atoms with E-state index < -0.39 is 22.2 Å². The van der Waals surface area contributed by atoms with Gasteiger partial charge in [0.15, 0.2) is 0 Å². The average molecular weight is 526 g/mol. The predicted octanol–water partition coefficient (Wildman–Crippen LogP) is 2.58. The number of hydrogen-bond acceptors (Lipinski definition) is 6. The number of hydrogen-bond donors (Lipinski definition) is 2. The van der Waals surface area contributed by atoms with Crippen LogP contribution < -0.4 is 10.1 Å². The number of benzene rings is 1. The zero-order valence-corrected chi connectivity index (χ0v) is 21.0. The van der Waals surface area contributed by atoms with E-state index in [0.717, 1.165) is 19.5 Å². The highest BCUT2D eigenvalue weighted by atomic mass is 32.2. The van der Waals surface area contributed by atoms with Gasteiger partial charge in [0.2, 0.25) is 15.9 Å². The zero-order chi connectivity index (χ0) is 26.6. The van der Waals surface area contributed by atoms with E-state index in [1.165, 1.54) is 4.31 Å². The summed E-state index contributed by atoms with van der Waals surface area (Å²) in [6.45, 7) is 10.1. The van der Waals surface area contributed by atoms with E-state index in [0.29, 0.717) is 37.9 Å². The monoisotopic (exact) mass is 525 g/mol. The maximum Gasteiger partial charge on any atom is 0.490 e. The van der Waals surface area contributed by atoms with Crippen molar-refractivity contribution in [2.45, 2.75) is 44.7 Å². The van der Waals surface area contributed by atoms with Crippen molar-refractivity contribution < 1.29 is 41.0 Å². The highest BCUT2D eigenvalue weighted by molar-refractivity contribution is 7.89. The van der Waals surface area contributed by atoms with Crippen molar-refractivity contribution in [3.8, 4) is 5.75 Å². The van der Waals surface area contributed by atoms with Crippen LogP contribution >= 0.6 is 0 Å². The van der Waals surface area contributed by atoms with E-state index >= 15 is 0 Å². The number of nitrogens with zero attached hydrogens (tertiary/aromatic N) is 2. The minimum Gasteiger partial charge on any atom is -0.494 e. The Hall–Kier alpha value is -2.38. The first-order chi connectivity index (χ1) is 16.3. The molecule has 1 amide bonds. The molecule has 9 nitrogen and oxygen atoms in total. The third-order valence-corrected chi connectivity index (χ3v) is 6.93. The number of nitrogens with one attached hydrogen (secondary N) is 1. The summed E-state index contributed by atoms with van der Waals surface area (Å²) < 4.78 is 64.9. The van der Waals surface area contributed by atoms with Gasteiger partial charge in [-0.05, 0) is 43.5 Å². The third-order valence-electron chi connectivity index (χ3n) is 5.02. The van der Waals surface area contributed by atoms with Crippen LogP contribution in [0.4, 0.5) is 13.2 Å². The average Bonchev–Trinajstić information content (AvgIpc) is 2.79. The number of piperazine rings is 1. The first-order valence-electron chi connectivity index (χ1n) is 11.3. The SMILES string of the molecule is CCOc1ccc(S(=O)(=O)N(CCC(=O)N2CCNCC2)CCC(C)C)cc1.O=C(O)C(F)(F)F. The summed E-state index contributed by atoms with van der Waals surface area (Å²) in [6.07, 6.45) is -4.13. The van der Waals surface area contributed by atoms with Gasteiger partial charge in [-0.3, -0.25) is 4.79 Å². The molecule has 0 aliphatic carbocycles. The topological polar surface area (TPSA) is 116 Å². The fourth-order valence-electron chi connectivity index (χ4n) is 3.07. The Labute approximate surface area is 204 Å². The fourth-order valence-corrected chi connectivity index (χ4v) is 4.53. The molecule has 1 saturated heterocycles. The van der Waals surface area contributed by atoms with Crippen molar-refractivity contribution in [3.05, 3.63) is 24.3 Å². The number of carboxylic acid groups (broad SMARTS) is 1. The first kappa shape index (κ1) is 30.7. The molecule has 2 rings (SSSR count). The Morgan fingerprint density at radius 2 is 1.69 bits per heavy atom. The van der Waals surface area contributed by atoms with Crippen LogP contribution in [0.1, 0.15) is 33.6 Å². The minimum atomic E-state index is -5.08. The number of carbonyl (C=O) groups is 2. The molecule has 200 valence electrons. The lowest BCUT2D eigenvalue weighted by atomic mass is 10.1. The number of sulfonamides is 1. The number of amides is 1. The molecule has 0 saturated carbocycles. The van der Waals surface area contributed by atoms with E-state index in [9.17, 15) is 26.4 Å². The van der Waals surface area contributed by atoms with Crippen molar-refractivity contribution in [1.29, 1.82) is 0 Å². The maximum absolute atomic E-state index is 13.2. The summed E-state index contributed by atoms with van der Waals surface area (Å²) in [6, 6.07) is 6.48. The van der Waals surface area contributed by atoms with Gasteiger partial charge < -0.3 is 20.1 Å². The number of carboxylic acids is 1. The summed E-state index contributed by atoms with van der Waals surface area (Å²) in [4.78, 5) is 23.4. The Balaban J connectivity index is 0.000000762. The van der Waals surface area contributed by atoms with E-state index in [-0.39, 0.29) is 23.8 Å². The van der Waals surface area contributed by atoms with Gasteiger partial charge in [0.25, 0.3) is 0 Å². The van der Waals surface area contributed by atoms with Gasteiger partial charge in [-0.25, -0.2) is 13.2 Å². The minimum absolute atomic E-state index is 0.0120. The lowest BCUT2D eigenvalue weighted by Crippen LogP contribution is -2.47. The number of alkyl halides is 3. The van der Waals surface area contributed by atoms with Gasteiger partial charge in [0.05, 0.1) is 11.5 Å². The van der Waals surface area contributed by atoms with Crippen LogP contribution in [0.5, 0.6) is 5.75 Å². The van der Waals surface area contributed by atoms with Crippen LogP contribution in [0.2, 0.25) is 0 Å². The molecular formula is C22H34F3N3O6S. The molecule has 0 bridgehead atoms. The smallest absolute Gasteiger partial charge is 0.490 e. The van der Waals surface area contributed by atoms with Gasteiger partial charge in [-0.15, -0.1) is 0 Å². The normalized spacial score (nSPS) is 14.5. The number of ether oxygens (including phenoxy) is 1. The second kappa shape index (κ2) is 14.2. The fraction of sp³-hybridized carbons (Fsp3) is 0.636. The Bertz CT molecular complexity index is 902. The van der Waals surface area contributed by atoms with Crippen LogP contribution in [0.15, 0.2) is 29.2 Å². The molecule has 1 fully saturated rings. The van der Waals surface area contributed by atoms with Crippen LogP contribution in [0, 0.1) is 5.92 Å². The summed E-state index contributed by atoms with van der Waals surface area (Å²) in [5.74, 6) is -1.73. The van der Waals surface area contributed by atoms with Gasteiger partial charge in [-0.2, -0.15) is 17.5 Å². The molecule has 0 spiro atoms. The van der Waals surface area contributed by atoms with E-state index in [1.807, 2.05) is 6.92 Å². The van der Waals surface area contributed by atoms with Crippen LogP contribution in [-0.2, 0) is 19.6 Å². The van der Waals surface area contributed by atoms with Gasteiger partial charge in [-0.1, -0.05) is 13.8 Å².